The maximum absolute atomic E-state index is 6.32. The molecule has 0 unspecified atom stereocenters. The zero-order valence-electron chi connectivity index (χ0n) is 16.0. The van der Waals surface area contributed by atoms with Crippen molar-refractivity contribution >= 4 is 47.2 Å². The minimum Gasteiger partial charge on any atom is -0.367 e. The van der Waals surface area contributed by atoms with Gasteiger partial charge in [0, 0.05) is 45.3 Å². The summed E-state index contributed by atoms with van der Waals surface area (Å²) >= 11 is 6.32. The summed E-state index contributed by atoms with van der Waals surface area (Å²) in [5.74, 6) is 1.84. The Morgan fingerprint density at radius 3 is 2.52 bits per heavy atom. The van der Waals surface area contributed by atoms with E-state index in [4.69, 9.17) is 16.1 Å². The van der Waals surface area contributed by atoms with Gasteiger partial charge in [-0.1, -0.05) is 28.9 Å². The number of para-hydroxylation sites is 1. The number of benzene rings is 1. The van der Waals surface area contributed by atoms with E-state index >= 15 is 0 Å². The van der Waals surface area contributed by atoms with Gasteiger partial charge in [0.05, 0.1) is 16.4 Å². The number of hydrogen-bond donors (Lipinski definition) is 1. The van der Waals surface area contributed by atoms with Crippen molar-refractivity contribution in [1.29, 1.82) is 0 Å². The number of hydrogen-bond acceptors (Lipinski definition) is 4. The molecule has 148 valence electrons. The lowest BCUT2D eigenvalue weighted by Gasteiger charge is -2.38. The van der Waals surface area contributed by atoms with Gasteiger partial charge in [-0.3, -0.25) is 4.99 Å². The zero-order chi connectivity index (χ0) is 18.5. The molecule has 1 aliphatic rings. The summed E-state index contributed by atoms with van der Waals surface area (Å²) < 4.78 is 5.22. The van der Waals surface area contributed by atoms with E-state index in [2.05, 4.69) is 31.3 Å². The summed E-state index contributed by atoms with van der Waals surface area (Å²) in [5.41, 5.74) is 3.25. The van der Waals surface area contributed by atoms with E-state index in [9.17, 15) is 0 Å². The Morgan fingerprint density at radius 1 is 1.22 bits per heavy atom. The fourth-order valence-electron chi connectivity index (χ4n) is 3.36. The van der Waals surface area contributed by atoms with Crippen LogP contribution in [0.2, 0.25) is 5.02 Å². The molecule has 6 nitrogen and oxygen atoms in total. The Hall–Kier alpha value is -1.48. The Labute approximate surface area is 183 Å². The van der Waals surface area contributed by atoms with Crippen molar-refractivity contribution in [1.82, 2.24) is 15.4 Å². The van der Waals surface area contributed by atoms with Crippen molar-refractivity contribution in [3.8, 4) is 0 Å². The van der Waals surface area contributed by atoms with Crippen LogP contribution in [-0.2, 0) is 6.42 Å². The molecule has 0 atom stereocenters. The Bertz CT molecular complexity index is 752. The van der Waals surface area contributed by atoms with Gasteiger partial charge in [-0.05, 0) is 32.4 Å². The molecule has 1 aromatic carbocycles. The zero-order valence-corrected chi connectivity index (χ0v) is 19.1. The van der Waals surface area contributed by atoms with E-state index in [0.717, 1.165) is 67.3 Å². The van der Waals surface area contributed by atoms with Gasteiger partial charge in [-0.25, -0.2) is 0 Å². The van der Waals surface area contributed by atoms with Gasteiger partial charge >= 0.3 is 0 Å². The molecule has 0 radical (unpaired) electrons. The van der Waals surface area contributed by atoms with Crippen LogP contribution < -0.4 is 10.2 Å². The van der Waals surface area contributed by atoms with Crippen LogP contribution in [-0.4, -0.2) is 55.8 Å². The third kappa shape index (κ3) is 5.28. The number of aliphatic imine (C=N–C) groups is 1. The number of aromatic nitrogens is 1. The third-order valence-electron chi connectivity index (χ3n) is 4.82. The van der Waals surface area contributed by atoms with Gasteiger partial charge in [-0.15, -0.1) is 24.0 Å². The van der Waals surface area contributed by atoms with Gasteiger partial charge in [0.25, 0.3) is 0 Å². The molecular weight excluding hydrogens is 477 g/mol. The molecule has 27 heavy (non-hydrogen) atoms. The SMILES string of the molecule is CN=C(NCCc1c(C)noc1C)N1CCN(c2ccccc2Cl)CC1.I. The van der Waals surface area contributed by atoms with E-state index < -0.39 is 0 Å². The molecule has 1 aromatic heterocycles. The number of aryl methyl sites for hydroxylation is 2. The first-order valence-electron chi connectivity index (χ1n) is 8.97. The van der Waals surface area contributed by atoms with Gasteiger partial charge < -0.3 is 19.6 Å². The molecule has 1 N–H and O–H groups in total. The van der Waals surface area contributed by atoms with E-state index in [0.29, 0.717) is 0 Å². The number of anilines is 1. The van der Waals surface area contributed by atoms with Crippen LogP contribution in [0.15, 0.2) is 33.8 Å². The number of halogens is 2. The van der Waals surface area contributed by atoms with E-state index in [1.807, 2.05) is 39.1 Å². The maximum atomic E-state index is 6.32. The molecule has 0 bridgehead atoms. The maximum Gasteiger partial charge on any atom is 0.193 e. The van der Waals surface area contributed by atoms with Crippen LogP contribution in [0.4, 0.5) is 5.69 Å². The average Bonchev–Trinajstić information content (AvgIpc) is 2.98. The summed E-state index contributed by atoms with van der Waals surface area (Å²) in [6.07, 6.45) is 0.875. The van der Waals surface area contributed by atoms with Gasteiger partial charge in [0.2, 0.25) is 0 Å². The number of nitrogens with one attached hydrogen (secondary N) is 1. The smallest absolute Gasteiger partial charge is 0.193 e. The molecule has 8 heteroatoms. The van der Waals surface area contributed by atoms with Crippen molar-refractivity contribution in [2.24, 2.45) is 4.99 Å². The monoisotopic (exact) mass is 503 g/mol. The molecule has 0 amide bonds. The summed E-state index contributed by atoms with van der Waals surface area (Å²) in [5, 5.41) is 8.28. The van der Waals surface area contributed by atoms with Crippen molar-refractivity contribution in [2.45, 2.75) is 20.3 Å². The number of rotatable bonds is 4. The second-order valence-electron chi connectivity index (χ2n) is 6.45. The predicted molar refractivity (Wildman–Crippen MR) is 122 cm³/mol. The molecule has 0 spiro atoms. The first-order chi connectivity index (χ1) is 12.6. The average molecular weight is 504 g/mol. The highest BCUT2D eigenvalue weighted by Crippen LogP contribution is 2.26. The first kappa shape index (κ1) is 21.8. The lowest BCUT2D eigenvalue weighted by atomic mass is 10.1. The van der Waals surface area contributed by atoms with Gasteiger partial charge in [0.1, 0.15) is 5.76 Å². The van der Waals surface area contributed by atoms with Crippen LogP contribution in [0.1, 0.15) is 17.0 Å². The van der Waals surface area contributed by atoms with Crippen LogP contribution in [0.3, 0.4) is 0 Å². The molecule has 0 saturated carbocycles. The molecule has 1 aliphatic heterocycles. The minimum atomic E-state index is 0. The second-order valence-corrected chi connectivity index (χ2v) is 6.86. The van der Waals surface area contributed by atoms with Crippen molar-refractivity contribution in [3.63, 3.8) is 0 Å². The molecule has 2 heterocycles. The van der Waals surface area contributed by atoms with Crippen molar-refractivity contribution in [3.05, 3.63) is 46.3 Å². The first-order valence-corrected chi connectivity index (χ1v) is 9.34. The van der Waals surface area contributed by atoms with Crippen LogP contribution >= 0.6 is 35.6 Å². The van der Waals surface area contributed by atoms with Gasteiger partial charge in [0.15, 0.2) is 5.96 Å². The van der Waals surface area contributed by atoms with E-state index in [1.54, 1.807) is 0 Å². The summed E-state index contributed by atoms with van der Waals surface area (Å²) in [6.45, 7) is 8.42. The molecule has 1 saturated heterocycles. The number of piperazine rings is 1. The fourth-order valence-corrected chi connectivity index (χ4v) is 3.61. The largest absolute Gasteiger partial charge is 0.367 e. The highest BCUT2D eigenvalue weighted by atomic mass is 127. The highest BCUT2D eigenvalue weighted by molar-refractivity contribution is 14.0. The summed E-state index contributed by atoms with van der Waals surface area (Å²) in [4.78, 5) is 9.06. The standard InChI is InChI=1S/C19H26ClN5O.HI/c1-14-16(15(2)26-23-14)8-9-22-19(21-3)25-12-10-24(11-13-25)18-7-5-4-6-17(18)20;/h4-7H,8-13H2,1-3H3,(H,21,22);1H. The molecule has 0 aliphatic carbocycles. The van der Waals surface area contributed by atoms with Crippen LogP contribution in [0, 0.1) is 13.8 Å². The molecule has 2 aromatic rings. The highest BCUT2D eigenvalue weighted by Gasteiger charge is 2.21. The Balaban J connectivity index is 0.00000261. The Morgan fingerprint density at radius 2 is 1.93 bits per heavy atom. The second kappa shape index (κ2) is 10.2. The minimum absolute atomic E-state index is 0. The van der Waals surface area contributed by atoms with Crippen LogP contribution in [0.25, 0.3) is 0 Å². The molecule has 1 fully saturated rings. The van der Waals surface area contributed by atoms with Gasteiger partial charge in [-0.2, -0.15) is 0 Å². The predicted octanol–water partition coefficient (Wildman–Crippen LogP) is 3.50. The quantitative estimate of drug-likeness (QED) is 0.393. The fraction of sp³-hybridized carbons (Fsp3) is 0.474. The molecular formula is C19H27ClIN5O. The lowest BCUT2D eigenvalue weighted by molar-refractivity contribution is 0.373. The topological polar surface area (TPSA) is 56.9 Å². The van der Waals surface area contributed by atoms with Crippen LogP contribution in [0.5, 0.6) is 0 Å². The number of guanidine groups is 1. The van der Waals surface area contributed by atoms with Crippen molar-refractivity contribution in [2.75, 3.05) is 44.7 Å². The summed E-state index contributed by atoms with van der Waals surface area (Å²) in [6, 6.07) is 8.02. The van der Waals surface area contributed by atoms with E-state index in [-0.39, 0.29) is 24.0 Å². The van der Waals surface area contributed by atoms with Crippen molar-refractivity contribution < 1.29 is 4.52 Å². The Kier molecular flexibility index (Phi) is 8.22. The number of nitrogens with zero attached hydrogens (tertiary/aromatic N) is 4. The lowest BCUT2D eigenvalue weighted by Crippen LogP contribution is -2.52. The van der Waals surface area contributed by atoms with E-state index in [1.165, 1.54) is 5.56 Å². The normalized spacial score (nSPS) is 14.9. The third-order valence-corrected chi connectivity index (χ3v) is 5.14. The molecule has 3 rings (SSSR count). The summed E-state index contributed by atoms with van der Waals surface area (Å²) in [7, 11) is 1.83.